The van der Waals surface area contributed by atoms with E-state index in [0.717, 1.165) is 45.1 Å². The topological polar surface area (TPSA) is 69.6 Å². The first-order chi connectivity index (χ1) is 10.1. The number of carbonyl (C=O) groups is 2. The summed E-state index contributed by atoms with van der Waals surface area (Å²) in [4.78, 5) is 25.8. The van der Waals surface area contributed by atoms with Crippen molar-refractivity contribution in [3.63, 3.8) is 0 Å². The Morgan fingerprint density at radius 3 is 2.33 bits per heavy atom. The fourth-order valence-electron chi connectivity index (χ4n) is 2.67. The molecule has 0 spiro atoms. The van der Waals surface area contributed by atoms with Crippen molar-refractivity contribution in [2.45, 2.75) is 52.4 Å². The smallest absolute Gasteiger partial charge is 0.225 e. The summed E-state index contributed by atoms with van der Waals surface area (Å²) in [5.74, 6) is 0.416. The molecule has 21 heavy (non-hydrogen) atoms. The van der Waals surface area contributed by atoms with Crippen molar-refractivity contribution in [2.75, 3.05) is 26.2 Å². The zero-order valence-corrected chi connectivity index (χ0v) is 13.4. The maximum absolute atomic E-state index is 12.0. The quantitative estimate of drug-likeness (QED) is 0.668. The summed E-state index contributed by atoms with van der Waals surface area (Å²) in [7, 11) is 0. The molecule has 2 N–H and O–H groups in total. The molecule has 1 aliphatic heterocycles. The summed E-state index contributed by atoms with van der Waals surface area (Å²) in [6.45, 7) is 6.20. The SMILES string of the molecule is CC(C)C(=O)N1CCC(C(=O)NCCCCCCO)CC1. The number of aliphatic hydroxyl groups is 1. The Morgan fingerprint density at radius 2 is 1.76 bits per heavy atom. The molecule has 0 aromatic heterocycles. The van der Waals surface area contributed by atoms with E-state index in [-0.39, 0.29) is 30.3 Å². The standard InChI is InChI=1S/C16H30N2O3/c1-13(2)16(21)18-10-7-14(8-11-18)15(20)17-9-5-3-4-6-12-19/h13-14,19H,3-12H2,1-2H3,(H,17,20). The van der Waals surface area contributed by atoms with Crippen LogP contribution < -0.4 is 5.32 Å². The molecule has 2 amide bonds. The Kier molecular flexibility index (Phi) is 8.35. The fourth-order valence-corrected chi connectivity index (χ4v) is 2.67. The van der Waals surface area contributed by atoms with Crippen molar-refractivity contribution in [3.05, 3.63) is 0 Å². The normalized spacial score (nSPS) is 16.3. The highest BCUT2D eigenvalue weighted by Gasteiger charge is 2.27. The summed E-state index contributed by atoms with van der Waals surface area (Å²) in [5.41, 5.74) is 0. The average molecular weight is 298 g/mol. The van der Waals surface area contributed by atoms with Crippen LogP contribution in [0.1, 0.15) is 52.4 Å². The van der Waals surface area contributed by atoms with Gasteiger partial charge in [-0.3, -0.25) is 9.59 Å². The molecule has 1 aliphatic rings. The van der Waals surface area contributed by atoms with Gasteiger partial charge < -0.3 is 15.3 Å². The third-order valence-electron chi connectivity index (χ3n) is 4.06. The highest BCUT2D eigenvalue weighted by atomic mass is 16.3. The van der Waals surface area contributed by atoms with Crippen LogP contribution in [0.5, 0.6) is 0 Å². The van der Waals surface area contributed by atoms with E-state index in [2.05, 4.69) is 5.32 Å². The van der Waals surface area contributed by atoms with Crippen LogP contribution in [0.4, 0.5) is 0 Å². The van der Waals surface area contributed by atoms with Gasteiger partial charge in [-0.25, -0.2) is 0 Å². The lowest BCUT2D eigenvalue weighted by molar-refractivity contribution is -0.138. The Labute approximate surface area is 128 Å². The van der Waals surface area contributed by atoms with Crippen LogP contribution in [-0.2, 0) is 9.59 Å². The molecule has 0 aromatic carbocycles. The minimum Gasteiger partial charge on any atom is -0.396 e. The Hall–Kier alpha value is -1.10. The van der Waals surface area contributed by atoms with E-state index in [1.165, 1.54) is 0 Å². The van der Waals surface area contributed by atoms with Crippen molar-refractivity contribution >= 4 is 11.8 Å². The largest absolute Gasteiger partial charge is 0.396 e. The van der Waals surface area contributed by atoms with Gasteiger partial charge in [-0.2, -0.15) is 0 Å². The second-order valence-corrected chi connectivity index (χ2v) is 6.18. The lowest BCUT2D eigenvalue weighted by Crippen LogP contribution is -2.44. The molecule has 0 aromatic rings. The number of carbonyl (C=O) groups excluding carboxylic acids is 2. The number of likely N-dealkylation sites (tertiary alicyclic amines) is 1. The molecule has 0 unspecified atom stereocenters. The predicted molar refractivity (Wildman–Crippen MR) is 82.7 cm³/mol. The van der Waals surface area contributed by atoms with Crippen LogP contribution in [0.3, 0.4) is 0 Å². The van der Waals surface area contributed by atoms with Gasteiger partial charge in [0.2, 0.25) is 11.8 Å². The van der Waals surface area contributed by atoms with Crippen LogP contribution in [0.2, 0.25) is 0 Å². The fraction of sp³-hybridized carbons (Fsp3) is 0.875. The molecule has 122 valence electrons. The van der Waals surface area contributed by atoms with Crippen LogP contribution in [-0.4, -0.2) is 48.1 Å². The molecule has 1 saturated heterocycles. The zero-order chi connectivity index (χ0) is 15.7. The molecule has 0 saturated carbocycles. The van der Waals surface area contributed by atoms with Gasteiger partial charge in [-0.05, 0) is 25.7 Å². The lowest BCUT2D eigenvalue weighted by atomic mass is 9.95. The minimum atomic E-state index is 0.0364. The number of hydrogen-bond donors (Lipinski definition) is 2. The Balaban J connectivity index is 2.16. The van der Waals surface area contributed by atoms with Crippen LogP contribution in [0, 0.1) is 11.8 Å². The Bertz CT molecular complexity index is 323. The van der Waals surface area contributed by atoms with E-state index < -0.39 is 0 Å². The summed E-state index contributed by atoms with van der Waals surface area (Å²) in [6.07, 6.45) is 5.42. The third kappa shape index (κ3) is 6.46. The molecular weight excluding hydrogens is 268 g/mol. The molecule has 1 heterocycles. The van der Waals surface area contributed by atoms with E-state index in [4.69, 9.17) is 5.11 Å². The predicted octanol–water partition coefficient (Wildman–Crippen LogP) is 1.55. The van der Waals surface area contributed by atoms with E-state index in [1.54, 1.807) is 0 Å². The van der Waals surface area contributed by atoms with Crippen molar-refractivity contribution in [1.82, 2.24) is 10.2 Å². The third-order valence-corrected chi connectivity index (χ3v) is 4.06. The van der Waals surface area contributed by atoms with Gasteiger partial charge in [-0.1, -0.05) is 26.7 Å². The van der Waals surface area contributed by atoms with Crippen molar-refractivity contribution in [1.29, 1.82) is 0 Å². The number of nitrogens with zero attached hydrogens (tertiary/aromatic N) is 1. The molecule has 0 radical (unpaired) electrons. The molecule has 0 bridgehead atoms. The maximum atomic E-state index is 12.0. The second-order valence-electron chi connectivity index (χ2n) is 6.18. The number of aliphatic hydroxyl groups excluding tert-OH is 1. The Morgan fingerprint density at radius 1 is 1.14 bits per heavy atom. The molecule has 1 fully saturated rings. The van der Waals surface area contributed by atoms with E-state index in [1.807, 2.05) is 18.7 Å². The van der Waals surface area contributed by atoms with Crippen LogP contribution in [0.15, 0.2) is 0 Å². The molecule has 5 nitrogen and oxygen atoms in total. The summed E-state index contributed by atoms with van der Waals surface area (Å²) in [5, 5.41) is 11.7. The average Bonchev–Trinajstić information content (AvgIpc) is 2.49. The minimum absolute atomic E-state index is 0.0364. The molecule has 1 rings (SSSR count). The highest BCUT2D eigenvalue weighted by molar-refractivity contribution is 5.80. The highest BCUT2D eigenvalue weighted by Crippen LogP contribution is 2.19. The number of piperidine rings is 1. The van der Waals surface area contributed by atoms with E-state index >= 15 is 0 Å². The summed E-state index contributed by atoms with van der Waals surface area (Å²) >= 11 is 0. The number of nitrogens with one attached hydrogen (secondary N) is 1. The van der Waals surface area contributed by atoms with E-state index in [0.29, 0.717) is 13.1 Å². The maximum Gasteiger partial charge on any atom is 0.225 e. The van der Waals surface area contributed by atoms with Gasteiger partial charge in [0.1, 0.15) is 0 Å². The molecular formula is C16H30N2O3. The van der Waals surface area contributed by atoms with Gasteiger partial charge in [0.15, 0.2) is 0 Å². The number of unbranched alkanes of at least 4 members (excludes halogenated alkanes) is 3. The number of hydrogen-bond acceptors (Lipinski definition) is 3. The lowest BCUT2D eigenvalue weighted by Gasteiger charge is -2.32. The van der Waals surface area contributed by atoms with Crippen molar-refractivity contribution < 1.29 is 14.7 Å². The van der Waals surface area contributed by atoms with Crippen molar-refractivity contribution in [2.24, 2.45) is 11.8 Å². The van der Waals surface area contributed by atoms with Gasteiger partial charge in [0, 0.05) is 38.1 Å². The number of rotatable bonds is 8. The van der Waals surface area contributed by atoms with E-state index in [9.17, 15) is 9.59 Å². The summed E-state index contributed by atoms with van der Waals surface area (Å²) < 4.78 is 0. The van der Waals surface area contributed by atoms with Gasteiger partial charge in [-0.15, -0.1) is 0 Å². The zero-order valence-electron chi connectivity index (χ0n) is 13.4. The van der Waals surface area contributed by atoms with Crippen LogP contribution in [0.25, 0.3) is 0 Å². The van der Waals surface area contributed by atoms with Gasteiger partial charge in [0.05, 0.1) is 0 Å². The first-order valence-corrected chi connectivity index (χ1v) is 8.23. The first kappa shape index (κ1) is 18.0. The molecule has 0 aliphatic carbocycles. The number of amides is 2. The molecule has 5 heteroatoms. The monoisotopic (exact) mass is 298 g/mol. The van der Waals surface area contributed by atoms with Gasteiger partial charge >= 0.3 is 0 Å². The van der Waals surface area contributed by atoms with Gasteiger partial charge in [0.25, 0.3) is 0 Å². The van der Waals surface area contributed by atoms with Crippen LogP contribution >= 0.6 is 0 Å². The van der Waals surface area contributed by atoms with Crippen molar-refractivity contribution in [3.8, 4) is 0 Å². The second kappa shape index (κ2) is 9.77. The first-order valence-electron chi connectivity index (χ1n) is 8.23. The summed E-state index contributed by atoms with van der Waals surface area (Å²) in [6, 6.07) is 0. The molecule has 0 atom stereocenters.